The van der Waals surface area contributed by atoms with Gasteiger partial charge in [0.05, 0.1) is 13.2 Å². The molecule has 6 nitrogen and oxygen atoms in total. The lowest BCUT2D eigenvalue weighted by Gasteiger charge is -2.27. The number of nitrogens with zero attached hydrogens (tertiary/aromatic N) is 3. The van der Waals surface area contributed by atoms with Gasteiger partial charge in [0.25, 0.3) is 0 Å². The minimum absolute atomic E-state index is 0.0374. The van der Waals surface area contributed by atoms with E-state index in [2.05, 4.69) is 27.7 Å². The molecule has 0 amide bonds. The van der Waals surface area contributed by atoms with Gasteiger partial charge >= 0.3 is 0 Å². The van der Waals surface area contributed by atoms with Crippen molar-refractivity contribution in [3.05, 3.63) is 83.7 Å². The van der Waals surface area contributed by atoms with Crippen LogP contribution in [0, 0.1) is 0 Å². The lowest BCUT2D eigenvalue weighted by molar-refractivity contribution is 0.0364. The van der Waals surface area contributed by atoms with E-state index in [9.17, 15) is 4.79 Å². The van der Waals surface area contributed by atoms with Crippen molar-refractivity contribution < 1.29 is 9.53 Å². The van der Waals surface area contributed by atoms with E-state index >= 15 is 0 Å². The number of ether oxygens (including phenoxy) is 1. The van der Waals surface area contributed by atoms with Crippen molar-refractivity contribution in [1.29, 1.82) is 0 Å². The van der Waals surface area contributed by atoms with Crippen LogP contribution >= 0.6 is 0 Å². The molecule has 2 aromatic carbocycles. The van der Waals surface area contributed by atoms with E-state index in [1.807, 2.05) is 42.5 Å². The molecule has 2 fully saturated rings. The first kappa shape index (κ1) is 23.0. The Morgan fingerprint density at radius 1 is 0.972 bits per heavy atom. The fraction of sp³-hybridized carbons (Fsp3) is 0.333. The van der Waals surface area contributed by atoms with Gasteiger partial charge in [-0.05, 0) is 59.7 Å². The van der Waals surface area contributed by atoms with Gasteiger partial charge in [0.1, 0.15) is 5.65 Å². The third-order valence-corrected chi connectivity index (χ3v) is 7.43. The van der Waals surface area contributed by atoms with Crippen LogP contribution in [-0.2, 0) is 17.7 Å². The second-order valence-corrected chi connectivity index (χ2v) is 9.97. The molecule has 3 heterocycles. The van der Waals surface area contributed by atoms with Crippen molar-refractivity contribution in [2.24, 2.45) is 0 Å². The summed E-state index contributed by atoms with van der Waals surface area (Å²) in [4.78, 5) is 20.6. The lowest BCUT2D eigenvalue weighted by Crippen LogP contribution is -2.38. The average molecular weight is 481 g/mol. The second kappa shape index (κ2) is 9.88. The molecular formula is C30H32N4O2. The molecule has 0 unspecified atom stereocenters. The molecule has 1 aliphatic heterocycles. The Balaban J connectivity index is 1.24. The standard InChI is InChI=1S/C30H32N4O2/c31-27-9-8-23(21-4-2-1-3-5-21)16-24(27)19-29(35)26-17-25-18-28(22-6-7-22)34(30(25)32-20-26)11-10-33-12-14-36-15-13-33/h1-5,8-9,16-18,20,22H,6-7,10-15,19,31H2. The molecule has 0 atom stereocenters. The number of ketones is 1. The van der Waals surface area contributed by atoms with E-state index in [1.54, 1.807) is 6.20 Å². The minimum atomic E-state index is 0.0374. The zero-order chi connectivity index (χ0) is 24.5. The minimum Gasteiger partial charge on any atom is -0.398 e. The second-order valence-electron chi connectivity index (χ2n) is 9.97. The number of fused-ring (bicyclic) bond motifs is 1. The van der Waals surface area contributed by atoms with Crippen molar-refractivity contribution in [2.75, 3.05) is 38.6 Å². The largest absolute Gasteiger partial charge is 0.398 e. The van der Waals surface area contributed by atoms with Gasteiger partial charge in [0, 0.05) is 61.1 Å². The Kier molecular flexibility index (Phi) is 6.30. The normalized spacial score (nSPS) is 16.4. The molecule has 0 radical (unpaired) electrons. The molecule has 184 valence electrons. The molecule has 1 saturated carbocycles. The van der Waals surface area contributed by atoms with E-state index < -0.39 is 0 Å². The first-order valence-electron chi connectivity index (χ1n) is 12.9. The van der Waals surface area contributed by atoms with Crippen LogP contribution in [0.1, 0.15) is 40.4 Å². The third-order valence-electron chi connectivity index (χ3n) is 7.43. The van der Waals surface area contributed by atoms with Crippen LogP contribution in [0.2, 0.25) is 0 Å². The molecule has 1 saturated heterocycles. The number of aromatic nitrogens is 2. The Hall–Kier alpha value is -3.48. The zero-order valence-corrected chi connectivity index (χ0v) is 20.5. The van der Waals surface area contributed by atoms with E-state index in [0.29, 0.717) is 17.2 Å². The molecule has 36 heavy (non-hydrogen) atoms. The number of hydrogen-bond acceptors (Lipinski definition) is 5. The first-order valence-corrected chi connectivity index (χ1v) is 12.9. The van der Waals surface area contributed by atoms with Gasteiger partial charge in [-0.1, -0.05) is 36.4 Å². The number of pyridine rings is 1. The zero-order valence-electron chi connectivity index (χ0n) is 20.5. The maximum Gasteiger partial charge on any atom is 0.168 e. The Labute approximate surface area is 211 Å². The molecule has 2 aromatic heterocycles. The number of nitrogen functional groups attached to an aromatic ring is 1. The van der Waals surface area contributed by atoms with Crippen molar-refractivity contribution in [1.82, 2.24) is 14.5 Å². The van der Waals surface area contributed by atoms with Crippen molar-refractivity contribution in [3.8, 4) is 11.1 Å². The first-order chi connectivity index (χ1) is 17.7. The number of morpholine rings is 1. The fourth-order valence-corrected chi connectivity index (χ4v) is 5.18. The van der Waals surface area contributed by atoms with Gasteiger partial charge in [-0.15, -0.1) is 0 Å². The molecule has 4 aromatic rings. The summed E-state index contributed by atoms with van der Waals surface area (Å²) in [6.07, 6.45) is 4.46. The van der Waals surface area contributed by atoms with Crippen molar-refractivity contribution in [3.63, 3.8) is 0 Å². The summed E-state index contributed by atoms with van der Waals surface area (Å²) in [6.45, 7) is 5.50. The molecule has 0 spiro atoms. The topological polar surface area (TPSA) is 73.4 Å². The van der Waals surface area contributed by atoms with E-state index in [4.69, 9.17) is 15.5 Å². The summed E-state index contributed by atoms with van der Waals surface area (Å²) in [5.74, 6) is 0.652. The number of benzene rings is 2. The van der Waals surface area contributed by atoms with Crippen LogP contribution in [0.25, 0.3) is 22.2 Å². The summed E-state index contributed by atoms with van der Waals surface area (Å²) in [5.41, 5.74) is 12.9. The number of nitrogens with two attached hydrogens (primary N) is 1. The molecule has 6 rings (SSSR count). The van der Waals surface area contributed by atoms with Crippen LogP contribution in [0.4, 0.5) is 5.69 Å². The van der Waals surface area contributed by atoms with Crippen LogP contribution < -0.4 is 5.73 Å². The van der Waals surface area contributed by atoms with Gasteiger partial charge in [0.2, 0.25) is 0 Å². The van der Waals surface area contributed by atoms with Gasteiger partial charge in [-0.3, -0.25) is 9.69 Å². The maximum atomic E-state index is 13.3. The number of Topliss-reactive ketones (excluding diaryl/α,β-unsaturated/α-hetero) is 1. The SMILES string of the molecule is Nc1ccc(-c2ccccc2)cc1CC(=O)c1cnc2c(c1)cc(C1CC1)n2CCN1CCOCC1. The highest BCUT2D eigenvalue weighted by Crippen LogP contribution is 2.42. The van der Waals surface area contributed by atoms with Crippen LogP contribution in [0.15, 0.2) is 66.9 Å². The van der Waals surface area contributed by atoms with Gasteiger partial charge in [-0.25, -0.2) is 4.98 Å². The van der Waals surface area contributed by atoms with Crippen molar-refractivity contribution >= 4 is 22.5 Å². The average Bonchev–Trinajstić information content (AvgIpc) is 3.70. The smallest absolute Gasteiger partial charge is 0.168 e. The molecule has 6 heteroatoms. The Morgan fingerprint density at radius 3 is 2.56 bits per heavy atom. The summed E-state index contributed by atoms with van der Waals surface area (Å²) in [6, 6.07) is 20.3. The van der Waals surface area contributed by atoms with Gasteiger partial charge < -0.3 is 15.0 Å². The quantitative estimate of drug-likeness (QED) is 0.286. The van der Waals surface area contributed by atoms with Crippen molar-refractivity contribution in [2.45, 2.75) is 31.7 Å². The number of carbonyl (C=O) groups excluding carboxylic acids is 1. The highest BCUT2D eigenvalue weighted by Gasteiger charge is 2.28. The van der Waals surface area contributed by atoms with Gasteiger partial charge in [0.15, 0.2) is 5.78 Å². The highest BCUT2D eigenvalue weighted by molar-refractivity contribution is 6.00. The van der Waals surface area contributed by atoms with E-state index in [-0.39, 0.29) is 12.2 Å². The summed E-state index contributed by atoms with van der Waals surface area (Å²) < 4.78 is 7.87. The number of anilines is 1. The number of rotatable bonds is 8. The third kappa shape index (κ3) is 4.79. The lowest BCUT2D eigenvalue weighted by atomic mass is 9.97. The van der Waals surface area contributed by atoms with Crippen LogP contribution in [0.5, 0.6) is 0 Å². The Bertz CT molecular complexity index is 1390. The maximum absolute atomic E-state index is 13.3. The summed E-state index contributed by atoms with van der Waals surface area (Å²) in [5, 5.41) is 1.05. The Morgan fingerprint density at radius 2 is 1.78 bits per heavy atom. The van der Waals surface area contributed by atoms with Crippen LogP contribution in [0.3, 0.4) is 0 Å². The summed E-state index contributed by atoms with van der Waals surface area (Å²) >= 11 is 0. The van der Waals surface area contributed by atoms with Crippen LogP contribution in [-0.4, -0.2) is 53.1 Å². The fourth-order valence-electron chi connectivity index (χ4n) is 5.18. The molecule has 2 aliphatic rings. The van der Waals surface area contributed by atoms with E-state index in [0.717, 1.165) is 67.1 Å². The monoisotopic (exact) mass is 480 g/mol. The van der Waals surface area contributed by atoms with Gasteiger partial charge in [-0.2, -0.15) is 0 Å². The summed E-state index contributed by atoms with van der Waals surface area (Å²) in [7, 11) is 0. The predicted octanol–water partition coefficient (Wildman–Crippen LogP) is 4.92. The molecular weight excluding hydrogens is 448 g/mol. The highest BCUT2D eigenvalue weighted by atomic mass is 16.5. The molecule has 0 bridgehead atoms. The number of carbonyl (C=O) groups is 1. The predicted molar refractivity (Wildman–Crippen MR) is 143 cm³/mol. The number of hydrogen-bond donors (Lipinski definition) is 1. The van der Waals surface area contributed by atoms with E-state index in [1.165, 1.54) is 18.5 Å². The molecule has 2 N–H and O–H groups in total. The molecule has 1 aliphatic carbocycles.